The zero-order chi connectivity index (χ0) is 27.2. The highest BCUT2D eigenvalue weighted by Gasteiger charge is 2.18. The average molecular weight is 544 g/mol. The standard InChI is InChI=1S/C21H20ClN5O.C5H10O3S/c1-3-27-10-9-17-20(27)21(25-13-24-17)26-15-7-8-19(18(12-15)23-2)28-16-6-4-5-14(22)11-16;1-4(6)5(2)9(3,7)8/h4-13,23H,3H2,1-2H3,(H,24,25,26);5H,1-3H3. The number of carbonyl (C=O) groups excluding carboxylic acids is 1. The Hall–Kier alpha value is -3.63. The molecule has 2 aromatic heterocycles. The number of aromatic nitrogens is 3. The molecule has 37 heavy (non-hydrogen) atoms. The van der Waals surface area contributed by atoms with Crippen LogP contribution in [0.15, 0.2) is 61.1 Å². The van der Waals surface area contributed by atoms with Gasteiger partial charge in [0.25, 0.3) is 0 Å². The molecule has 1 unspecified atom stereocenters. The van der Waals surface area contributed by atoms with E-state index in [2.05, 4.69) is 32.1 Å². The van der Waals surface area contributed by atoms with Crippen molar-refractivity contribution in [1.82, 2.24) is 14.5 Å². The number of carbonyl (C=O) groups is 1. The summed E-state index contributed by atoms with van der Waals surface area (Å²) in [6, 6.07) is 15.2. The molecule has 0 aliphatic rings. The number of hydrogen-bond acceptors (Lipinski definition) is 8. The van der Waals surface area contributed by atoms with Crippen LogP contribution in [-0.4, -0.2) is 47.3 Å². The highest BCUT2D eigenvalue weighted by atomic mass is 35.5. The molecule has 0 saturated carbocycles. The molecule has 4 rings (SSSR count). The van der Waals surface area contributed by atoms with Crippen LogP contribution in [-0.2, 0) is 21.2 Å². The summed E-state index contributed by atoms with van der Waals surface area (Å²) in [6.45, 7) is 5.60. The van der Waals surface area contributed by atoms with E-state index in [-0.39, 0.29) is 5.78 Å². The lowest BCUT2D eigenvalue weighted by molar-refractivity contribution is -0.116. The molecule has 11 heteroatoms. The Morgan fingerprint density at radius 1 is 1.16 bits per heavy atom. The van der Waals surface area contributed by atoms with E-state index in [1.807, 2.05) is 55.7 Å². The molecular formula is C26H30ClN5O4S. The minimum absolute atomic E-state index is 0.308. The second kappa shape index (κ2) is 12.1. The summed E-state index contributed by atoms with van der Waals surface area (Å²) in [5, 5.41) is 6.35. The molecule has 0 amide bonds. The first kappa shape index (κ1) is 27.9. The van der Waals surface area contributed by atoms with E-state index in [0.717, 1.165) is 41.0 Å². The number of halogens is 1. The topological polar surface area (TPSA) is 115 Å². The Labute approximate surface area is 221 Å². The highest BCUT2D eigenvalue weighted by molar-refractivity contribution is 7.92. The Morgan fingerprint density at radius 2 is 1.92 bits per heavy atom. The lowest BCUT2D eigenvalue weighted by Gasteiger charge is -2.14. The number of anilines is 3. The normalized spacial score (nSPS) is 11.8. The molecule has 2 aromatic carbocycles. The Bertz CT molecular complexity index is 1500. The zero-order valence-corrected chi connectivity index (χ0v) is 22.9. The average Bonchev–Trinajstić information content (AvgIpc) is 3.28. The molecule has 0 aliphatic heterocycles. The fourth-order valence-electron chi connectivity index (χ4n) is 3.38. The van der Waals surface area contributed by atoms with Crippen molar-refractivity contribution in [2.24, 2.45) is 0 Å². The number of sulfone groups is 1. The Morgan fingerprint density at radius 3 is 2.51 bits per heavy atom. The third-order valence-electron chi connectivity index (χ3n) is 5.64. The zero-order valence-electron chi connectivity index (χ0n) is 21.3. The summed E-state index contributed by atoms with van der Waals surface area (Å²) in [4.78, 5) is 19.2. The largest absolute Gasteiger partial charge is 0.455 e. The Balaban J connectivity index is 0.000000364. The van der Waals surface area contributed by atoms with Crippen molar-refractivity contribution in [2.75, 3.05) is 23.9 Å². The lowest BCUT2D eigenvalue weighted by atomic mass is 10.2. The van der Waals surface area contributed by atoms with Crippen molar-refractivity contribution in [3.05, 3.63) is 66.1 Å². The van der Waals surface area contributed by atoms with E-state index in [1.54, 1.807) is 12.4 Å². The third-order valence-corrected chi connectivity index (χ3v) is 7.49. The van der Waals surface area contributed by atoms with Crippen molar-refractivity contribution in [2.45, 2.75) is 32.6 Å². The van der Waals surface area contributed by atoms with Crippen LogP contribution in [0.1, 0.15) is 20.8 Å². The smallest absolute Gasteiger partial charge is 0.158 e. The van der Waals surface area contributed by atoms with E-state index >= 15 is 0 Å². The summed E-state index contributed by atoms with van der Waals surface area (Å²) in [5.41, 5.74) is 3.64. The number of ether oxygens (including phenoxy) is 1. The molecule has 0 aliphatic carbocycles. The van der Waals surface area contributed by atoms with Gasteiger partial charge in [-0.25, -0.2) is 18.4 Å². The highest BCUT2D eigenvalue weighted by Crippen LogP contribution is 2.34. The van der Waals surface area contributed by atoms with E-state index < -0.39 is 15.1 Å². The van der Waals surface area contributed by atoms with Gasteiger partial charge >= 0.3 is 0 Å². The fourth-order valence-corrected chi connectivity index (χ4v) is 4.16. The van der Waals surface area contributed by atoms with Gasteiger partial charge in [-0.15, -0.1) is 0 Å². The van der Waals surface area contributed by atoms with Crippen LogP contribution >= 0.6 is 11.6 Å². The van der Waals surface area contributed by atoms with Crippen LogP contribution in [0.3, 0.4) is 0 Å². The molecule has 0 spiro atoms. The van der Waals surface area contributed by atoms with E-state index in [4.69, 9.17) is 16.3 Å². The maximum absolute atomic E-state index is 10.6. The van der Waals surface area contributed by atoms with Crippen molar-refractivity contribution in [3.8, 4) is 11.5 Å². The van der Waals surface area contributed by atoms with Crippen molar-refractivity contribution >= 4 is 55.4 Å². The summed E-state index contributed by atoms with van der Waals surface area (Å²) in [7, 11) is -1.30. The van der Waals surface area contributed by atoms with E-state index in [1.165, 1.54) is 13.8 Å². The van der Waals surface area contributed by atoms with Gasteiger partial charge in [0, 0.05) is 36.8 Å². The van der Waals surface area contributed by atoms with Crippen molar-refractivity contribution in [1.29, 1.82) is 0 Å². The number of benzene rings is 2. The molecule has 9 nitrogen and oxygen atoms in total. The SMILES string of the molecule is CC(=O)C(C)S(C)(=O)=O.CCn1ccc2ncnc(Nc3ccc(Oc4cccc(Cl)c4)c(NC)c3)c21. The van der Waals surface area contributed by atoms with Crippen LogP contribution in [0, 0.1) is 0 Å². The first-order valence-electron chi connectivity index (χ1n) is 11.5. The number of rotatable bonds is 8. The summed E-state index contributed by atoms with van der Waals surface area (Å²) in [5.74, 6) is 1.85. The van der Waals surface area contributed by atoms with Gasteiger partial charge in [-0.2, -0.15) is 0 Å². The van der Waals surface area contributed by atoms with Crippen LogP contribution in [0.4, 0.5) is 17.2 Å². The maximum atomic E-state index is 10.6. The molecule has 4 aromatic rings. The van der Waals surface area contributed by atoms with Crippen molar-refractivity contribution < 1.29 is 17.9 Å². The second-order valence-corrected chi connectivity index (χ2v) is 11.1. The number of aryl methyl sites for hydroxylation is 1. The monoisotopic (exact) mass is 543 g/mol. The fraction of sp³-hybridized carbons (Fsp3) is 0.269. The number of fused-ring (bicyclic) bond motifs is 1. The van der Waals surface area contributed by atoms with Crippen LogP contribution in [0.25, 0.3) is 11.0 Å². The molecule has 0 radical (unpaired) electrons. The molecular weight excluding hydrogens is 514 g/mol. The van der Waals surface area contributed by atoms with Gasteiger partial charge in [0.1, 0.15) is 28.6 Å². The maximum Gasteiger partial charge on any atom is 0.158 e. The first-order valence-corrected chi connectivity index (χ1v) is 13.9. The molecule has 1 atom stereocenters. The number of nitrogens with one attached hydrogen (secondary N) is 2. The van der Waals surface area contributed by atoms with Gasteiger partial charge in [-0.3, -0.25) is 4.79 Å². The van der Waals surface area contributed by atoms with Crippen LogP contribution in [0.5, 0.6) is 11.5 Å². The molecule has 0 fully saturated rings. The van der Waals surface area contributed by atoms with Gasteiger partial charge in [0.05, 0.1) is 11.2 Å². The van der Waals surface area contributed by atoms with Gasteiger partial charge < -0.3 is 19.9 Å². The number of hydrogen-bond donors (Lipinski definition) is 2. The summed E-state index contributed by atoms with van der Waals surface area (Å²) >= 11 is 6.04. The quantitative estimate of drug-likeness (QED) is 0.291. The minimum atomic E-state index is -3.15. The van der Waals surface area contributed by atoms with Crippen LogP contribution < -0.4 is 15.4 Å². The predicted octanol–water partition coefficient (Wildman–Crippen LogP) is 5.69. The van der Waals surface area contributed by atoms with Gasteiger partial charge in [-0.1, -0.05) is 17.7 Å². The number of ketones is 1. The predicted molar refractivity (Wildman–Crippen MR) is 149 cm³/mol. The Kier molecular flexibility index (Phi) is 9.12. The van der Waals surface area contributed by atoms with Crippen LogP contribution in [0.2, 0.25) is 5.02 Å². The van der Waals surface area contributed by atoms with Gasteiger partial charge in [0.2, 0.25) is 0 Å². The molecule has 0 saturated heterocycles. The minimum Gasteiger partial charge on any atom is -0.455 e. The molecule has 0 bridgehead atoms. The lowest BCUT2D eigenvalue weighted by Crippen LogP contribution is -2.23. The molecule has 2 N–H and O–H groups in total. The molecule has 2 heterocycles. The summed E-state index contributed by atoms with van der Waals surface area (Å²) in [6.07, 6.45) is 4.64. The molecule has 196 valence electrons. The van der Waals surface area contributed by atoms with E-state index in [0.29, 0.717) is 16.5 Å². The van der Waals surface area contributed by atoms with Gasteiger partial charge in [0.15, 0.2) is 21.4 Å². The first-order chi connectivity index (χ1) is 17.5. The number of Topliss-reactive ketones (excluding diaryl/α,β-unsaturated/α-hetero) is 1. The van der Waals surface area contributed by atoms with Gasteiger partial charge in [-0.05, 0) is 63.2 Å². The van der Waals surface area contributed by atoms with E-state index in [9.17, 15) is 13.2 Å². The second-order valence-electron chi connectivity index (χ2n) is 8.29. The van der Waals surface area contributed by atoms with Crippen molar-refractivity contribution in [3.63, 3.8) is 0 Å². The third kappa shape index (κ3) is 7.21. The summed E-state index contributed by atoms with van der Waals surface area (Å²) < 4.78 is 29.2. The number of nitrogens with zero attached hydrogens (tertiary/aromatic N) is 3.